The summed E-state index contributed by atoms with van der Waals surface area (Å²) in [5, 5.41) is 5.08. The number of H-pyrrole nitrogens is 1. The number of aromatic nitrogens is 3. The molecule has 2 aromatic heterocycles. The van der Waals surface area contributed by atoms with Crippen molar-refractivity contribution in [3.05, 3.63) is 40.8 Å². The normalized spacial score (nSPS) is 13.8. The number of nitrogens with zero attached hydrogens (tertiary/aromatic N) is 2. The molecule has 0 aliphatic heterocycles. The van der Waals surface area contributed by atoms with Gasteiger partial charge in [-0.05, 0) is 49.4 Å². The lowest BCUT2D eigenvalue weighted by Gasteiger charge is -2.14. The van der Waals surface area contributed by atoms with Crippen LogP contribution in [0.15, 0.2) is 24.5 Å². The average molecular weight is 329 g/mol. The summed E-state index contributed by atoms with van der Waals surface area (Å²) >= 11 is 6.12. The predicted molar refractivity (Wildman–Crippen MR) is 91.8 cm³/mol. The van der Waals surface area contributed by atoms with E-state index in [4.69, 9.17) is 16.3 Å². The maximum Gasteiger partial charge on any atom is 0.143 e. The number of benzene rings is 1. The number of halogens is 1. The lowest BCUT2D eigenvalue weighted by molar-refractivity contribution is 0.417. The Morgan fingerprint density at radius 1 is 1.22 bits per heavy atom. The van der Waals surface area contributed by atoms with E-state index in [1.807, 2.05) is 12.1 Å². The molecule has 4 rings (SSSR count). The highest BCUT2D eigenvalue weighted by Crippen LogP contribution is 2.35. The van der Waals surface area contributed by atoms with Gasteiger partial charge in [-0.15, -0.1) is 0 Å². The summed E-state index contributed by atoms with van der Waals surface area (Å²) in [5.41, 5.74) is 4.30. The fourth-order valence-corrected chi connectivity index (χ4v) is 3.40. The van der Waals surface area contributed by atoms with Crippen LogP contribution in [-0.4, -0.2) is 22.1 Å². The van der Waals surface area contributed by atoms with Gasteiger partial charge in [-0.1, -0.05) is 11.6 Å². The zero-order chi connectivity index (χ0) is 15.8. The van der Waals surface area contributed by atoms with Gasteiger partial charge in [0.05, 0.1) is 18.2 Å². The van der Waals surface area contributed by atoms with Gasteiger partial charge in [0.1, 0.15) is 23.5 Å². The summed E-state index contributed by atoms with van der Waals surface area (Å²) in [7, 11) is 1.64. The average Bonchev–Trinajstić information content (AvgIpc) is 2.94. The maximum absolute atomic E-state index is 6.12. The molecule has 0 spiro atoms. The Morgan fingerprint density at radius 2 is 2.09 bits per heavy atom. The van der Waals surface area contributed by atoms with Crippen LogP contribution in [0.25, 0.3) is 11.0 Å². The molecule has 3 aromatic rings. The number of ether oxygens (including phenoxy) is 1. The van der Waals surface area contributed by atoms with Gasteiger partial charge in [0, 0.05) is 10.7 Å². The van der Waals surface area contributed by atoms with Crippen molar-refractivity contribution < 1.29 is 4.74 Å². The van der Waals surface area contributed by atoms with Crippen LogP contribution < -0.4 is 10.1 Å². The summed E-state index contributed by atoms with van der Waals surface area (Å²) in [4.78, 5) is 12.3. The van der Waals surface area contributed by atoms with Crippen LogP contribution in [0.3, 0.4) is 0 Å². The van der Waals surface area contributed by atoms with E-state index < -0.39 is 0 Å². The van der Waals surface area contributed by atoms with E-state index in [1.54, 1.807) is 19.5 Å². The summed E-state index contributed by atoms with van der Waals surface area (Å²) < 4.78 is 5.41. The third kappa shape index (κ3) is 2.51. The van der Waals surface area contributed by atoms with E-state index in [1.165, 1.54) is 24.1 Å². The summed E-state index contributed by atoms with van der Waals surface area (Å²) in [6, 6.07) is 5.49. The molecule has 0 fully saturated rings. The quantitative estimate of drug-likeness (QED) is 0.754. The first-order valence-corrected chi connectivity index (χ1v) is 8.09. The number of hydrogen-bond donors (Lipinski definition) is 2. The molecule has 0 radical (unpaired) electrons. The van der Waals surface area contributed by atoms with E-state index in [-0.39, 0.29) is 0 Å². The number of aromatic amines is 1. The Bertz CT molecular complexity index is 874. The molecule has 2 N–H and O–H groups in total. The third-order valence-electron chi connectivity index (χ3n) is 4.30. The number of nitrogens with one attached hydrogen (secondary N) is 2. The molecule has 23 heavy (non-hydrogen) atoms. The lowest BCUT2D eigenvalue weighted by atomic mass is 9.96. The second-order valence-corrected chi connectivity index (χ2v) is 6.14. The first-order valence-electron chi connectivity index (χ1n) is 7.71. The minimum atomic E-state index is 0.648. The van der Waals surface area contributed by atoms with Gasteiger partial charge in [0.25, 0.3) is 0 Å². The van der Waals surface area contributed by atoms with Gasteiger partial charge in [0.15, 0.2) is 0 Å². The van der Waals surface area contributed by atoms with E-state index in [0.717, 1.165) is 41.1 Å². The van der Waals surface area contributed by atoms with E-state index in [2.05, 4.69) is 20.3 Å². The second kappa shape index (κ2) is 5.74. The van der Waals surface area contributed by atoms with Crippen LogP contribution in [-0.2, 0) is 12.8 Å². The molecule has 6 heteroatoms. The summed E-state index contributed by atoms with van der Waals surface area (Å²) in [5.74, 6) is 1.51. The van der Waals surface area contributed by atoms with Crippen molar-refractivity contribution in [2.45, 2.75) is 25.7 Å². The van der Waals surface area contributed by atoms with E-state index >= 15 is 0 Å². The predicted octanol–water partition coefficient (Wildman–Crippen LogP) is 4.24. The molecule has 1 aliphatic carbocycles. The monoisotopic (exact) mass is 328 g/mol. The minimum absolute atomic E-state index is 0.648. The van der Waals surface area contributed by atoms with Gasteiger partial charge in [-0.2, -0.15) is 0 Å². The van der Waals surface area contributed by atoms with Gasteiger partial charge in [-0.25, -0.2) is 9.97 Å². The van der Waals surface area contributed by atoms with Crippen LogP contribution in [0.1, 0.15) is 24.1 Å². The molecule has 1 aliphatic rings. The zero-order valence-corrected chi connectivity index (χ0v) is 13.6. The van der Waals surface area contributed by atoms with Crippen molar-refractivity contribution in [3.8, 4) is 5.75 Å². The van der Waals surface area contributed by atoms with Crippen LogP contribution in [0, 0.1) is 0 Å². The third-order valence-corrected chi connectivity index (χ3v) is 4.54. The number of methoxy groups -OCH3 is 1. The van der Waals surface area contributed by atoms with Crippen LogP contribution in [0.4, 0.5) is 11.5 Å². The minimum Gasteiger partial charge on any atom is -0.495 e. The van der Waals surface area contributed by atoms with Gasteiger partial charge in [-0.3, -0.25) is 0 Å². The Labute approximate surface area is 139 Å². The van der Waals surface area contributed by atoms with Crippen molar-refractivity contribution in [1.82, 2.24) is 15.0 Å². The second-order valence-electron chi connectivity index (χ2n) is 5.70. The standard InChI is InChI=1S/C17H17ClN4O/c1-23-14-7-6-10(18)8-13(14)22-17-15-11-4-2-3-5-12(11)21-16(15)19-9-20-17/h6-9H,2-5H2,1H3,(H2,19,20,21,22). The van der Waals surface area contributed by atoms with Crippen molar-refractivity contribution in [2.75, 3.05) is 12.4 Å². The number of rotatable bonds is 3. The van der Waals surface area contributed by atoms with Crippen LogP contribution in [0.2, 0.25) is 5.02 Å². The van der Waals surface area contributed by atoms with Crippen molar-refractivity contribution in [2.24, 2.45) is 0 Å². The van der Waals surface area contributed by atoms with Gasteiger partial charge >= 0.3 is 0 Å². The Hall–Kier alpha value is -2.27. The molecule has 5 nitrogen and oxygen atoms in total. The summed E-state index contributed by atoms with van der Waals surface area (Å²) in [6.45, 7) is 0. The first kappa shape index (κ1) is 14.3. The smallest absolute Gasteiger partial charge is 0.143 e. The Morgan fingerprint density at radius 3 is 2.96 bits per heavy atom. The molecule has 2 heterocycles. The number of hydrogen-bond acceptors (Lipinski definition) is 4. The largest absolute Gasteiger partial charge is 0.495 e. The molecular weight excluding hydrogens is 312 g/mol. The number of anilines is 2. The van der Waals surface area contributed by atoms with Crippen molar-refractivity contribution in [3.63, 3.8) is 0 Å². The SMILES string of the molecule is COc1ccc(Cl)cc1Nc1ncnc2[nH]c3c(c12)CCCC3. The van der Waals surface area contributed by atoms with Crippen LogP contribution in [0.5, 0.6) is 5.75 Å². The molecule has 0 atom stereocenters. The molecule has 0 bridgehead atoms. The van der Waals surface area contributed by atoms with Crippen molar-refractivity contribution >= 4 is 34.1 Å². The molecule has 0 saturated heterocycles. The molecule has 118 valence electrons. The molecule has 0 saturated carbocycles. The zero-order valence-electron chi connectivity index (χ0n) is 12.8. The number of fused-ring (bicyclic) bond motifs is 3. The lowest BCUT2D eigenvalue weighted by Crippen LogP contribution is -2.02. The highest BCUT2D eigenvalue weighted by molar-refractivity contribution is 6.31. The highest BCUT2D eigenvalue weighted by Gasteiger charge is 2.19. The fraction of sp³-hybridized carbons (Fsp3) is 0.294. The number of aryl methyl sites for hydroxylation is 2. The topological polar surface area (TPSA) is 62.8 Å². The summed E-state index contributed by atoms with van der Waals surface area (Å²) in [6.07, 6.45) is 6.13. The molecule has 1 aromatic carbocycles. The van der Waals surface area contributed by atoms with E-state index in [9.17, 15) is 0 Å². The molecule has 0 unspecified atom stereocenters. The maximum atomic E-state index is 6.12. The Balaban J connectivity index is 1.83. The van der Waals surface area contributed by atoms with Gasteiger partial charge in [0.2, 0.25) is 0 Å². The highest BCUT2D eigenvalue weighted by atomic mass is 35.5. The van der Waals surface area contributed by atoms with E-state index in [0.29, 0.717) is 5.02 Å². The van der Waals surface area contributed by atoms with Crippen LogP contribution >= 0.6 is 11.6 Å². The molecule has 0 amide bonds. The first-order chi connectivity index (χ1) is 11.3. The van der Waals surface area contributed by atoms with Gasteiger partial charge < -0.3 is 15.0 Å². The fourth-order valence-electron chi connectivity index (χ4n) is 3.23. The molecular formula is C17H17ClN4O. The Kier molecular flexibility index (Phi) is 3.58. The van der Waals surface area contributed by atoms with Crippen molar-refractivity contribution in [1.29, 1.82) is 0 Å².